The van der Waals surface area contributed by atoms with Crippen molar-refractivity contribution in [2.24, 2.45) is 0 Å². The monoisotopic (exact) mass is 791 g/mol. The number of hydrogen-bond acceptors (Lipinski definition) is 4. The average Bonchev–Trinajstić information content (AvgIpc) is 3.65. The third kappa shape index (κ3) is 5.65. The van der Waals surface area contributed by atoms with Crippen molar-refractivity contribution in [2.45, 2.75) is 5.41 Å². The Morgan fingerprint density at radius 2 is 0.806 bits per heavy atom. The van der Waals surface area contributed by atoms with Crippen molar-refractivity contribution in [2.75, 3.05) is 0 Å². The summed E-state index contributed by atoms with van der Waals surface area (Å²) in [5, 5.41) is 0. The van der Waals surface area contributed by atoms with Gasteiger partial charge in [0.1, 0.15) is 11.5 Å². The number of aromatic nitrogens is 3. The molecule has 1 spiro atoms. The van der Waals surface area contributed by atoms with Crippen LogP contribution in [0.3, 0.4) is 0 Å². The minimum atomic E-state index is -0.605. The van der Waals surface area contributed by atoms with Crippen LogP contribution in [-0.2, 0) is 5.41 Å². The summed E-state index contributed by atoms with van der Waals surface area (Å²) in [7, 11) is 0. The van der Waals surface area contributed by atoms with Crippen LogP contribution in [0.5, 0.6) is 11.5 Å². The number of para-hydroxylation sites is 1. The molecule has 1 aliphatic carbocycles. The van der Waals surface area contributed by atoms with Gasteiger partial charge in [0, 0.05) is 44.5 Å². The molecule has 4 nitrogen and oxygen atoms in total. The predicted molar refractivity (Wildman–Crippen MR) is 250 cm³/mol. The summed E-state index contributed by atoms with van der Waals surface area (Å²) < 4.78 is 6.77. The Morgan fingerprint density at radius 3 is 1.48 bits per heavy atom. The first-order chi connectivity index (χ1) is 30.7. The normalized spacial score (nSPS) is 12.8. The van der Waals surface area contributed by atoms with E-state index >= 15 is 0 Å². The number of hydrogen-bond donors (Lipinski definition) is 0. The first-order valence-electron chi connectivity index (χ1n) is 21.0. The van der Waals surface area contributed by atoms with E-state index in [9.17, 15) is 0 Å². The first kappa shape index (κ1) is 35.7. The average molecular weight is 792 g/mol. The molecule has 290 valence electrons. The molecule has 1 aliphatic heterocycles. The quantitative estimate of drug-likeness (QED) is 0.168. The van der Waals surface area contributed by atoms with Crippen molar-refractivity contribution < 1.29 is 4.74 Å². The van der Waals surface area contributed by atoms with Crippen LogP contribution in [0.1, 0.15) is 22.3 Å². The molecule has 0 bridgehead atoms. The Labute approximate surface area is 360 Å². The van der Waals surface area contributed by atoms with Gasteiger partial charge in [-0.05, 0) is 70.3 Å². The van der Waals surface area contributed by atoms with Gasteiger partial charge in [0.05, 0.1) is 28.2 Å². The molecule has 0 amide bonds. The number of rotatable bonds is 6. The predicted octanol–water partition coefficient (Wildman–Crippen LogP) is 14.3. The molecule has 0 atom stereocenters. The van der Waals surface area contributed by atoms with Crippen molar-refractivity contribution >= 4 is 0 Å². The summed E-state index contributed by atoms with van der Waals surface area (Å²) in [6.45, 7) is 0. The van der Waals surface area contributed by atoms with Crippen molar-refractivity contribution in [3.63, 3.8) is 0 Å². The third-order valence-electron chi connectivity index (χ3n) is 12.4. The van der Waals surface area contributed by atoms with E-state index in [1.54, 1.807) is 0 Å². The highest BCUT2D eigenvalue weighted by molar-refractivity contribution is 5.92. The second kappa shape index (κ2) is 14.5. The van der Waals surface area contributed by atoms with Gasteiger partial charge in [-0.15, -0.1) is 0 Å². The molecule has 0 saturated heterocycles. The molecule has 12 rings (SSSR count). The largest absolute Gasteiger partial charge is 0.457 e. The van der Waals surface area contributed by atoms with Crippen LogP contribution in [0.15, 0.2) is 224 Å². The zero-order valence-corrected chi connectivity index (χ0v) is 33.6. The highest BCUT2D eigenvalue weighted by Crippen LogP contribution is 2.62. The molecule has 2 aliphatic rings. The van der Waals surface area contributed by atoms with Crippen LogP contribution in [0, 0.1) is 0 Å². The van der Waals surface area contributed by atoms with Crippen LogP contribution < -0.4 is 4.74 Å². The summed E-state index contributed by atoms with van der Waals surface area (Å²) >= 11 is 0. The van der Waals surface area contributed by atoms with E-state index in [0.29, 0.717) is 5.82 Å². The lowest BCUT2D eigenvalue weighted by Crippen LogP contribution is -2.32. The van der Waals surface area contributed by atoms with Crippen LogP contribution in [-0.4, -0.2) is 15.0 Å². The van der Waals surface area contributed by atoms with Crippen molar-refractivity contribution in [3.05, 3.63) is 247 Å². The second-order valence-corrected chi connectivity index (χ2v) is 15.8. The maximum Gasteiger partial charge on any atom is 0.160 e. The molecule has 0 fully saturated rings. The molecular weight excluding hydrogens is 755 g/mol. The lowest BCUT2D eigenvalue weighted by atomic mass is 9.66. The van der Waals surface area contributed by atoms with Crippen LogP contribution >= 0.6 is 0 Å². The molecule has 0 saturated carbocycles. The molecule has 2 aromatic heterocycles. The van der Waals surface area contributed by atoms with E-state index < -0.39 is 5.41 Å². The van der Waals surface area contributed by atoms with E-state index in [1.807, 2.05) is 18.2 Å². The van der Waals surface area contributed by atoms with E-state index in [2.05, 4.69) is 206 Å². The molecule has 8 aromatic carbocycles. The maximum absolute atomic E-state index is 6.77. The van der Waals surface area contributed by atoms with Crippen LogP contribution in [0.4, 0.5) is 0 Å². The number of fused-ring (bicyclic) bond motifs is 9. The SMILES string of the molecule is c1ccc(-c2cc(-c3ccccc3-c3ccc(-c4ccccc4)nc3-c3ccccc3)nc(-c3ccc4c(c3)C3(c5ccccc5O4)c4ccccc4-c4ccccc43)n2)cc1. The molecule has 4 heteroatoms. The topological polar surface area (TPSA) is 47.9 Å². The van der Waals surface area contributed by atoms with Crippen molar-refractivity contribution in [1.82, 2.24) is 15.0 Å². The first-order valence-corrected chi connectivity index (χ1v) is 21.0. The third-order valence-corrected chi connectivity index (χ3v) is 12.4. The van der Waals surface area contributed by atoms with Gasteiger partial charge in [0.2, 0.25) is 0 Å². The number of nitrogens with zero attached hydrogens (tertiary/aromatic N) is 3. The van der Waals surface area contributed by atoms with Crippen LogP contribution in [0.2, 0.25) is 0 Å². The Kier molecular flexibility index (Phi) is 8.36. The van der Waals surface area contributed by atoms with Gasteiger partial charge in [-0.25, -0.2) is 15.0 Å². The smallest absolute Gasteiger partial charge is 0.160 e. The lowest BCUT2D eigenvalue weighted by Gasteiger charge is -2.39. The summed E-state index contributed by atoms with van der Waals surface area (Å²) in [4.78, 5) is 16.2. The standard InChI is InChI=1S/C58H37N3O/c1-4-18-38(19-5-1)51-34-33-46(56(59-51)40-22-8-3-9-23-40)42-24-10-11-27-45(42)53-37-52(39-20-6-2-7-21-39)60-57(61-53)41-32-35-55-50(36-41)58(49-30-16-17-31-54(49)62-55)47-28-14-12-25-43(47)44-26-13-15-29-48(44)58/h1-37H. The Morgan fingerprint density at radius 1 is 0.290 bits per heavy atom. The highest BCUT2D eigenvalue weighted by atomic mass is 16.5. The zero-order chi connectivity index (χ0) is 41.0. The molecule has 10 aromatic rings. The zero-order valence-electron chi connectivity index (χ0n) is 33.6. The minimum Gasteiger partial charge on any atom is -0.457 e. The Hall–Kier alpha value is -8.21. The van der Waals surface area contributed by atoms with Gasteiger partial charge in [0.25, 0.3) is 0 Å². The van der Waals surface area contributed by atoms with E-state index in [1.165, 1.54) is 22.3 Å². The molecule has 0 N–H and O–H groups in total. The van der Waals surface area contributed by atoms with Crippen molar-refractivity contribution in [3.8, 4) is 90.2 Å². The van der Waals surface area contributed by atoms with Gasteiger partial charge in [-0.3, -0.25) is 0 Å². The molecule has 3 heterocycles. The fourth-order valence-corrected chi connectivity index (χ4v) is 9.67. The minimum absolute atomic E-state index is 0.605. The fourth-order valence-electron chi connectivity index (χ4n) is 9.67. The molecule has 0 radical (unpaired) electrons. The summed E-state index contributed by atoms with van der Waals surface area (Å²) in [5.74, 6) is 2.32. The molecular formula is C58H37N3O. The van der Waals surface area contributed by atoms with Crippen LogP contribution in [0.25, 0.3) is 78.7 Å². The Bertz CT molecular complexity index is 3280. The Balaban J connectivity index is 1.07. The van der Waals surface area contributed by atoms with Gasteiger partial charge in [-0.2, -0.15) is 0 Å². The maximum atomic E-state index is 6.77. The van der Waals surface area contributed by atoms with Gasteiger partial charge in [0.15, 0.2) is 5.82 Å². The number of ether oxygens (including phenoxy) is 1. The summed E-state index contributed by atoms with van der Waals surface area (Å²) in [5.41, 5.74) is 17.1. The molecule has 62 heavy (non-hydrogen) atoms. The summed E-state index contributed by atoms with van der Waals surface area (Å²) in [6, 6.07) is 78.7. The summed E-state index contributed by atoms with van der Waals surface area (Å²) in [6.07, 6.45) is 0. The van der Waals surface area contributed by atoms with E-state index in [0.717, 1.165) is 84.3 Å². The van der Waals surface area contributed by atoms with E-state index in [-0.39, 0.29) is 0 Å². The van der Waals surface area contributed by atoms with Gasteiger partial charge < -0.3 is 4.74 Å². The highest BCUT2D eigenvalue weighted by Gasteiger charge is 2.51. The number of pyridine rings is 1. The second-order valence-electron chi connectivity index (χ2n) is 15.8. The van der Waals surface area contributed by atoms with Crippen molar-refractivity contribution in [1.29, 1.82) is 0 Å². The number of benzene rings is 8. The lowest BCUT2D eigenvalue weighted by molar-refractivity contribution is 0.436. The fraction of sp³-hybridized carbons (Fsp3) is 0.0172. The van der Waals surface area contributed by atoms with Gasteiger partial charge >= 0.3 is 0 Å². The van der Waals surface area contributed by atoms with E-state index in [4.69, 9.17) is 19.7 Å². The van der Waals surface area contributed by atoms with Gasteiger partial charge in [-0.1, -0.05) is 182 Å². The molecule has 0 unspecified atom stereocenters.